The van der Waals surface area contributed by atoms with Gasteiger partial charge in [-0.2, -0.15) is 0 Å². The minimum absolute atomic E-state index is 0.0709. The van der Waals surface area contributed by atoms with Gasteiger partial charge in [0.05, 0.1) is 12.6 Å². The van der Waals surface area contributed by atoms with Gasteiger partial charge in [-0.05, 0) is 19.4 Å². The Kier molecular flexibility index (Phi) is 3.90. The summed E-state index contributed by atoms with van der Waals surface area (Å²) in [6.07, 6.45) is 5.27. The SMILES string of the molecule is C#CCN1C(=O)N[C@@H](c2ccccc2)C(C(C)=O)=C1C. The van der Waals surface area contributed by atoms with Gasteiger partial charge in [-0.3, -0.25) is 9.69 Å². The van der Waals surface area contributed by atoms with Crippen molar-refractivity contribution in [1.29, 1.82) is 0 Å². The van der Waals surface area contributed by atoms with Crippen molar-refractivity contribution >= 4 is 11.8 Å². The molecule has 0 saturated carbocycles. The number of allylic oxidation sites excluding steroid dienone is 1. The van der Waals surface area contributed by atoms with Crippen LogP contribution in [0.15, 0.2) is 41.6 Å². The normalized spacial score (nSPS) is 18.6. The Balaban J connectivity index is 2.52. The molecule has 1 aromatic rings. The van der Waals surface area contributed by atoms with Crippen LogP contribution in [-0.2, 0) is 4.79 Å². The zero-order chi connectivity index (χ0) is 14.7. The third-order valence-electron chi connectivity index (χ3n) is 3.36. The van der Waals surface area contributed by atoms with E-state index in [9.17, 15) is 9.59 Å². The maximum absolute atomic E-state index is 12.1. The van der Waals surface area contributed by atoms with Crippen molar-refractivity contribution in [3.63, 3.8) is 0 Å². The lowest BCUT2D eigenvalue weighted by atomic mass is 9.92. The predicted molar refractivity (Wildman–Crippen MR) is 76.6 cm³/mol. The molecule has 0 fully saturated rings. The first kappa shape index (κ1) is 13.9. The minimum atomic E-state index is -0.421. The first-order valence-corrected chi connectivity index (χ1v) is 6.34. The van der Waals surface area contributed by atoms with Crippen molar-refractivity contribution in [2.45, 2.75) is 19.9 Å². The van der Waals surface area contributed by atoms with Crippen molar-refractivity contribution < 1.29 is 9.59 Å². The number of Topliss-reactive ketones (excluding diaryl/α,β-unsaturated/α-hetero) is 1. The fourth-order valence-electron chi connectivity index (χ4n) is 2.42. The smallest absolute Gasteiger partial charge is 0.323 e. The molecule has 2 amide bonds. The van der Waals surface area contributed by atoms with Gasteiger partial charge in [-0.1, -0.05) is 36.3 Å². The Morgan fingerprint density at radius 3 is 2.60 bits per heavy atom. The zero-order valence-electron chi connectivity index (χ0n) is 11.5. The van der Waals surface area contributed by atoms with E-state index in [1.807, 2.05) is 30.3 Å². The van der Waals surface area contributed by atoms with E-state index >= 15 is 0 Å². The fourth-order valence-corrected chi connectivity index (χ4v) is 2.42. The van der Waals surface area contributed by atoms with E-state index in [1.165, 1.54) is 11.8 Å². The Morgan fingerprint density at radius 2 is 2.05 bits per heavy atom. The average Bonchev–Trinajstić information content (AvgIpc) is 2.43. The van der Waals surface area contributed by atoms with Crippen LogP contribution in [0.1, 0.15) is 25.5 Å². The molecule has 1 atom stereocenters. The molecule has 0 aromatic heterocycles. The number of ketones is 1. The molecule has 0 bridgehead atoms. The van der Waals surface area contributed by atoms with Crippen LogP contribution in [0.25, 0.3) is 0 Å². The number of rotatable bonds is 3. The minimum Gasteiger partial charge on any atom is -0.327 e. The molecule has 4 nitrogen and oxygen atoms in total. The van der Waals surface area contributed by atoms with Crippen LogP contribution in [0.2, 0.25) is 0 Å². The highest BCUT2D eigenvalue weighted by Gasteiger charge is 2.33. The second-order valence-corrected chi connectivity index (χ2v) is 4.64. The molecule has 0 spiro atoms. The highest BCUT2D eigenvalue weighted by molar-refractivity contribution is 5.98. The molecular weight excluding hydrogens is 252 g/mol. The Morgan fingerprint density at radius 1 is 1.40 bits per heavy atom. The summed E-state index contributed by atoms with van der Waals surface area (Å²) in [5, 5.41) is 2.84. The van der Waals surface area contributed by atoms with E-state index in [0.717, 1.165) is 5.56 Å². The number of benzene rings is 1. The van der Waals surface area contributed by atoms with Crippen LogP contribution >= 0.6 is 0 Å². The second kappa shape index (κ2) is 5.62. The van der Waals surface area contributed by atoms with Gasteiger partial charge in [0.15, 0.2) is 5.78 Å². The summed E-state index contributed by atoms with van der Waals surface area (Å²) in [6, 6.07) is 8.72. The topological polar surface area (TPSA) is 49.4 Å². The fraction of sp³-hybridized carbons (Fsp3) is 0.250. The number of terminal acetylenes is 1. The quantitative estimate of drug-likeness (QED) is 0.855. The van der Waals surface area contributed by atoms with Crippen LogP contribution in [-0.4, -0.2) is 23.3 Å². The van der Waals surface area contributed by atoms with Crippen molar-refractivity contribution in [3.05, 3.63) is 47.2 Å². The molecule has 1 aromatic carbocycles. The van der Waals surface area contributed by atoms with Gasteiger partial charge in [0.25, 0.3) is 0 Å². The molecule has 1 N–H and O–H groups in total. The Bertz CT molecular complexity index is 611. The third-order valence-corrected chi connectivity index (χ3v) is 3.36. The third kappa shape index (κ3) is 2.43. The van der Waals surface area contributed by atoms with E-state index in [0.29, 0.717) is 11.3 Å². The summed E-state index contributed by atoms with van der Waals surface area (Å²) in [7, 11) is 0. The molecule has 1 heterocycles. The molecule has 20 heavy (non-hydrogen) atoms. The van der Waals surface area contributed by atoms with Crippen LogP contribution in [0.4, 0.5) is 4.79 Å². The number of hydrogen-bond acceptors (Lipinski definition) is 2. The molecule has 2 rings (SSSR count). The lowest BCUT2D eigenvalue weighted by molar-refractivity contribution is -0.114. The Labute approximate surface area is 118 Å². The van der Waals surface area contributed by atoms with Crippen LogP contribution in [0.3, 0.4) is 0 Å². The monoisotopic (exact) mass is 268 g/mol. The number of carbonyl (C=O) groups is 2. The first-order chi connectivity index (χ1) is 9.56. The molecule has 102 valence electrons. The molecule has 0 unspecified atom stereocenters. The number of amides is 2. The van der Waals surface area contributed by atoms with Crippen LogP contribution in [0.5, 0.6) is 0 Å². The number of hydrogen-bond donors (Lipinski definition) is 1. The molecule has 1 aliphatic rings. The van der Waals surface area contributed by atoms with Gasteiger partial charge in [0.1, 0.15) is 0 Å². The van der Waals surface area contributed by atoms with Crippen molar-refractivity contribution in [2.24, 2.45) is 0 Å². The summed E-state index contributed by atoms with van der Waals surface area (Å²) in [5.74, 6) is 2.36. The molecule has 0 aliphatic carbocycles. The molecule has 1 aliphatic heterocycles. The summed E-state index contributed by atoms with van der Waals surface area (Å²) in [4.78, 5) is 25.5. The maximum atomic E-state index is 12.1. The second-order valence-electron chi connectivity index (χ2n) is 4.64. The number of urea groups is 1. The van der Waals surface area contributed by atoms with E-state index < -0.39 is 6.04 Å². The summed E-state index contributed by atoms with van der Waals surface area (Å²) >= 11 is 0. The molecule has 0 radical (unpaired) electrons. The predicted octanol–water partition coefficient (Wildman–Crippen LogP) is 2.25. The summed E-state index contributed by atoms with van der Waals surface area (Å²) < 4.78 is 0. The van der Waals surface area contributed by atoms with Crippen molar-refractivity contribution in [1.82, 2.24) is 10.2 Å². The van der Waals surface area contributed by atoms with Gasteiger partial charge in [0.2, 0.25) is 0 Å². The highest BCUT2D eigenvalue weighted by atomic mass is 16.2. The van der Waals surface area contributed by atoms with Gasteiger partial charge >= 0.3 is 6.03 Å². The summed E-state index contributed by atoms with van der Waals surface area (Å²) in [6.45, 7) is 3.40. The number of nitrogens with one attached hydrogen (secondary N) is 1. The van der Waals surface area contributed by atoms with Gasteiger partial charge < -0.3 is 5.32 Å². The zero-order valence-corrected chi connectivity index (χ0v) is 11.5. The largest absolute Gasteiger partial charge is 0.327 e. The standard InChI is InChI=1S/C16H16N2O2/c1-4-10-18-11(2)14(12(3)19)15(17-16(18)20)13-8-6-5-7-9-13/h1,5-9,15H,10H2,2-3H3,(H,17,20)/t15-/m0/s1. The lowest BCUT2D eigenvalue weighted by Crippen LogP contribution is -2.47. The van der Waals surface area contributed by atoms with E-state index in [1.54, 1.807) is 6.92 Å². The number of carbonyl (C=O) groups excluding carboxylic acids is 2. The van der Waals surface area contributed by atoms with E-state index in [2.05, 4.69) is 11.2 Å². The Hall–Kier alpha value is -2.54. The van der Waals surface area contributed by atoms with Crippen molar-refractivity contribution in [2.75, 3.05) is 6.54 Å². The average molecular weight is 268 g/mol. The van der Waals surface area contributed by atoms with Crippen molar-refractivity contribution in [3.8, 4) is 12.3 Å². The van der Waals surface area contributed by atoms with Crippen LogP contribution < -0.4 is 5.32 Å². The van der Waals surface area contributed by atoms with Gasteiger partial charge in [0, 0.05) is 11.3 Å². The molecular formula is C16H16N2O2. The number of nitrogens with zero attached hydrogens (tertiary/aromatic N) is 1. The van der Waals surface area contributed by atoms with Gasteiger partial charge in [-0.25, -0.2) is 4.79 Å². The summed E-state index contributed by atoms with van der Waals surface area (Å²) in [5.41, 5.74) is 2.07. The lowest BCUT2D eigenvalue weighted by Gasteiger charge is -2.34. The molecule has 4 heteroatoms. The van der Waals surface area contributed by atoms with Crippen LogP contribution in [0, 0.1) is 12.3 Å². The molecule has 0 saturated heterocycles. The van der Waals surface area contributed by atoms with E-state index in [4.69, 9.17) is 6.42 Å². The van der Waals surface area contributed by atoms with E-state index in [-0.39, 0.29) is 18.4 Å². The highest BCUT2D eigenvalue weighted by Crippen LogP contribution is 2.30. The maximum Gasteiger partial charge on any atom is 0.323 e. The van der Waals surface area contributed by atoms with Gasteiger partial charge in [-0.15, -0.1) is 6.42 Å². The first-order valence-electron chi connectivity index (χ1n) is 6.34.